The summed E-state index contributed by atoms with van der Waals surface area (Å²) in [6.45, 7) is 1.77. The Bertz CT molecular complexity index is 1180. The van der Waals surface area contributed by atoms with Crippen LogP contribution in [0.4, 0.5) is 11.5 Å². The molecule has 8 nitrogen and oxygen atoms in total. The molecule has 2 bridgehead atoms. The fourth-order valence-corrected chi connectivity index (χ4v) is 4.95. The molecule has 0 atom stereocenters. The third-order valence-electron chi connectivity index (χ3n) is 6.66. The molecule has 4 fully saturated rings. The van der Waals surface area contributed by atoms with E-state index in [1.807, 2.05) is 29.2 Å². The summed E-state index contributed by atoms with van der Waals surface area (Å²) >= 11 is 0. The number of aryl methyl sites for hydroxylation is 1. The maximum atomic E-state index is 12.9. The molecule has 30 heavy (non-hydrogen) atoms. The Labute approximate surface area is 173 Å². The lowest BCUT2D eigenvalue weighted by Crippen LogP contribution is -2.50. The lowest BCUT2D eigenvalue weighted by molar-refractivity contribution is 0.0229. The van der Waals surface area contributed by atoms with Crippen LogP contribution in [0, 0.1) is 11.8 Å². The Balaban J connectivity index is 1.28. The van der Waals surface area contributed by atoms with Crippen LogP contribution in [0.5, 0.6) is 0 Å². The monoisotopic (exact) mass is 404 g/mol. The van der Waals surface area contributed by atoms with E-state index < -0.39 is 0 Å². The largest absolute Gasteiger partial charge is 0.350 e. The van der Waals surface area contributed by atoms with Crippen molar-refractivity contribution in [2.75, 3.05) is 18.0 Å². The van der Waals surface area contributed by atoms with Crippen molar-refractivity contribution in [2.24, 2.45) is 18.9 Å². The highest BCUT2D eigenvalue weighted by Gasteiger charge is 2.39. The van der Waals surface area contributed by atoms with Gasteiger partial charge in [0.2, 0.25) is 0 Å². The molecule has 154 valence electrons. The number of pyridine rings is 2. The fourth-order valence-electron chi connectivity index (χ4n) is 4.95. The predicted octanol–water partition coefficient (Wildman–Crippen LogP) is 2.21. The Kier molecular flexibility index (Phi) is 3.78. The summed E-state index contributed by atoms with van der Waals surface area (Å²) in [5.41, 5.74) is 2.06. The van der Waals surface area contributed by atoms with Crippen LogP contribution >= 0.6 is 0 Å². The van der Waals surface area contributed by atoms with E-state index in [2.05, 4.69) is 15.0 Å². The van der Waals surface area contributed by atoms with Gasteiger partial charge in [0.15, 0.2) is 5.65 Å². The number of hydrogen-bond donors (Lipinski definition) is 0. The number of amides is 1. The average Bonchev–Trinajstić information content (AvgIpc) is 3.54. The van der Waals surface area contributed by atoms with Crippen molar-refractivity contribution in [1.82, 2.24) is 24.1 Å². The molecule has 3 aromatic heterocycles. The van der Waals surface area contributed by atoms with Crippen molar-refractivity contribution in [1.29, 1.82) is 0 Å². The summed E-state index contributed by atoms with van der Waals surface area (Å²) in [4.78, 5) is 33.8. The minimum absolute atomic E-state index is 0.0932. The predicted molar refractivity (Wildman–Crippen MR) is 112 cm³/mol. The number of rotatable bonds is 4. The van der Waals surface area contributed by atoms with Crippen LogP contribution in [0.15, 0.2) is 41.5 Å². The van der Waals surface area contributed by atoms with Gasteiger partial charge in [0.05, 0.1) is 5.56 Å². The van der Waals surface area contributed by atoms with E-state index in [4.69, 9.17) is 0 Å². The molecule has 8 heteroatoms. The molecule has 4 aliphatic rings. The van der Waals surface area contributed by atoms with Crippen LogP contribution in [-0.4, -0.2) is 49.1 Å². The third kappa shape index (κ3) is 2.81. The number of carbonyl (C=O) groups is 1. The summed E-state index contributed by atoms with van der Waals surface area (Å²) in [7, 11) is 1.65. The zero-order valence-corrected chi connectivity index (χ0v) is 16.9. The second-order valence-electron chi connectivity index (χ2n) is 8.94. The van der Waals surface area contributed by atoms with Gasteiger partial charge in [-0.15, -0.1) is 0 Å². The molecule has 0 radical (unpaired) electrons. The van der Waals surface area contributed by atoms with Crippen LogP contribution in [0.3, 0.4) is 0 Å². The number of anilines is 2. The van der Waals surface area contributed by atoms with Crippen molar-refractivity contribution in [3.8, 4) is 0 Å². The third-order valence-corrected chi connectivity index (χ3v) is 6.66. The maximum Gasteiger partial charge on any atom is 0.350 e. The number of piperidine rings is 2. The SMILES string of the molecule is Cn1nc2cc(N(c3ccc(C(=O)N4CC5CC(C5)C4)cn3)C3CC3)ccn2c1=O. The summed E-state index contributed by atoms with van der Waals surface area (Å²) in [5.74, 6) is 2.30. The molecule has 2 aliphatic carbocycles. The average molecular weight is 404 g/mol. The molecule has 5 heterocycles. The lowest BCUT2D eigenvalue weighted by atomic mass is 9.71. The van der Waals surface area contributed by atoms with Crippen LogP contribution in [-0.2, 0) is 7.05 Å². The molecule has 0 N–H and O–H groups in total. The van der Waals surface area contributed by atoms with Gasteiger partial charge < -0.3 is 9.80 Å². The van der Waals surface area contributed by atoms with Gasteiger partial charge in [-0.05, 0) is 55.7 Å². The first-order chi connectivity index (χ1) is 14.6. The Morgan fingerprint density at radius 2 is 1.90 bits per heavy atom. The zero-order chi connectivity index (χ0) is 20.4. The fraction of sp³-hybridized carbons (Fsp3) is 0.455. The molecule has 2 saturated heterocycles. The van der Waals surface area contributed by atoms with Crippen molar-refractivity contribution in [2.45, 2.75) is 31.7 Å². The Morgan fingerprint density at radius 3 is 2.57 bits per heavy atom. The number of fused-ring (bicyclic) bond motifs is 3. The lowest BCUT2D eigenvalue weighted by Gasteiger charge is -2.47. The van der Waals surface area contributed by atoms with Gasteiger partial charge in [-0.2, -0.15) is 5.10 Å². The second-order valence-corrected chi connectivity index (χ2v) is 8.94. The van der Waals surface area contributed by atoms with E-state index in [0.717, 1.165) is 37.4 Å². The summed E-state index contributed by atoms with van der Waals surface area (Å²) in [6.07, 6.45) is 8.22. The topological polar surface area (TPSA) is 75.7 Å². The molecule has 1 amide bonds. The zero-order valence-electron chi connectivity index (χ0n) is 16.9. The van der Waals surface area contributed by atoms with Crippen molar-refractivity contribution in [3.05, 3.63) is 52.7 Å². The molecule has 0 spiro atoms. The Hall–Kier alpha value is -3.16. The normalized spacial score (nSPS) is 22.8. The van der Waals surface area contributed by atoms with E-state index in [0.29, 0.717) is 29.1 Å². The van der Waals surface area contributed by atoms with E-state index >= 15 is 0 Å². The summed E-state index contributed by atoms with van der Waals surface area (Å²) in [6, 6.07) is 8.05. The van der Waals surface area contributed by atoms with E-state index in [9.17, 15) is 9.59 Å². The molecule has 2 aliphatic heterocycles. The van der Waals surface area contributed by atoms with Crippen LogP contribution < -0.4 is 10.6 Å². The first-order valence-corrected chi connectivity index (χ1v) is 10.7. The van der Waals surface area contributed by atoms with Crippen LogP contribution in [0.1, 0.15) is 36.0 Å². The van der Waals surface area contributed by atoms with Gasteiger partial charge in [-0.3, -0.25) is 9.20 Å². The van der Waals surface area contributed by atoms with E-state index in [-0.39, 0.29) is 11.6 Å². The quantitative estimate of drug-likeness (QED) is 0.666. The highest BCUT2D eigenvalue weighted by atomic mass is 16.2. The minimum atomic E-state index is -0.161. The first kappa shape index (κ1) is 17.7. The number of carbonyl (C=O) groups excluding carboxylic acids is 1. The van der Waals surface area contributed by atoms with Gasteiger partial charge in [-0.1, -0.05) is 0 Å². The highest BCUT2D eigenvalue weighted by Crippen LogP contribution is 2.40. The second kappa shape index (κ2) is 6.42. The summed E-state index contributed by atoms with van der Waals surface area (Å²) < 4.78 is 2.87. The molecule has 7 rings (SSSR count). The number of hydrogen-bond acceptors (Lipinski definition) is 5. The van der Waals surface area contributed by atoms with Crippen molar-refractivity contribution < 1.29 is 4.79 Å². The van der Waals surface area contributed by atoms with Crippen LogP contribution in [0.2, 0.25) is 0 Å². The van der Waals surface area contributed by atoms with Gasteiger partial charge in [0, 0.05) is 50.3 Å². The van der Waals surface area contributed by atoms with Gasteiger partial charge in [0.25, 0.3) is 5.91 Å². The van der Waals surface area contributed by atoms with Gasteiger partial charge >= 0.3 is 5.69 Å². The summed E-state index contributed by atoms with van der Waals surface area (Å²) in [5, 5.41) is 4.30. The molecule has 0 unspecified atom stereocenters. The standard InChI is InChI=1S/C22H24N6O2/c1-25-22(30)27-7-6-18(10-20(27)24-25)28(17-3-4-17)19-5-2-16(11-23-19)21(29)26-12-14-8-15(9-14)13-26/h2,5-7,10-11,14-15,17H,3-4,8-9,12-13H2,1H3. The van der Waals surface area contributed by atoms with E-state index in [1.54, 1.807) is 19.4 Å². The molecular weight excluding hydrogens is 380 g/mol. The van der Waals surface area contributed by atoms with Gasteiger partial charge in [0.1, 0.15) is 5.82 Å². The van der Waals surface area contributed by atoms with Crippen LogP contribution in [0.25, 0.3) is 5.65 Å². The number of aromatic nitrogens is 4. The molecule has 2 saturated carbocycles. The van der Waals surface area contributed by atoms with Gasteiger partial charge in [-0.25, -0.2) is 14.5 Å². The molecule has 3 aromatic rings. The smallest absolute Gasteiger partial charge is 0.338 e. The number of nitrogens with zero attached hydrogens (tertiary/aromatic N) is 6. The first-order valence-electron chi connectivity index (χ1n) is 10.7. The highest BCUT2D eigenvalue weighted by molar-refractivity contribution is 5.94. The van der Waals surface area contributed by atoms with Crippen molar-refractivity contribution >= 4 is 23.1 Å². The minimum Gasteiger partial charge on any atom is -0.338 e. The maximum absolute atomic E-state index is 12.9. The molecule has 0 aromatic carbocycles. The molecular formula is C22H24N6O2. The van der Waals surface area contributed by atoms with Crippen molar-refractivity contribution in [3.63, 3.8) is 0 Å². The Morgan fingerprint density at radius 1 is 1.13 bits per heavy atom. The van der Waals surface area contributed by atoms with E-state index in [1.165, 1.54) is 21.9 Å².